The van der Waals surface area contributed by atoms with Gasteiger partial charge in [0.1, 0.15) is 6.61 Å². The molecule has 5 nitrogen and oxygen atoms in total. The highest BCUT2D eigenvalue weighted by Gasteiger charge is 2.13. The van der Waals surface area contributed by atoms with Gasteiger partial charge in [-0.15, -0.1) is 0 Å². The number of rotatable bonds is 10. The van der Waals surface area contributed by atoms with Crippen LogP contribution >= 0.6 is 23.2 Å². The molecule has 1 saturated heterocycles. The van der Waals surface area contributed by atoms with E-state index in [0.717, 1.165) is 62.0 Å². The fourth-order valence-corrected chi connectivity index (χ4v) is 3.67. The van der Waals surface area contributed by atoms with E-state index in [4.69, 9.17) is 37.4 Å². The van der Waals surface area contributed by atoms with E-state index in [1.807, 2.05) is 31.2 Å². The Kier molecular flexibility index (Phi) is 8.90. The zero-order valence-electron chi connectivity index (χ0n) is 16.8. The summed E-state index contributed by atoms with van der Waals surface area (Å²) in [5.74, 6) is 1.49. The van der Waals surface area contributed by atoms with Gasteiger partial charge in [0.2, 0.25) is 0 Å². The number of hydrogen-bond donors (Lipinski definition) is 1. The van der Waals surface area contributed by atoms with Gasteiger partial charge in [-0.2, -0.15) is 0 Å². The number of nitrogens with one attached hydrogen (secondary N) is 1. The molecular weight excluding hydrogens is 411 g/mol. The summed E-state index contributed by atoms with van der Waals surface area (Å²) in [6.07, 6.45) is 0. The Bertz CT molecular complexity index is 783. The topological polar surface area (TPSA) is 43.0 Å². The van der Waals surface area contributed by atoms with Crippen LogP contribution in [-0.2, 0) is 17.9 Å². The zero-order valence-corrected chi connectivity index (χ0v) is 18.3. The number of ether oxygens (including phenoxy) is 3. The first-order valence-electron chi connectivity index (χ1n) is 9.99. The standard InChI is InChI=1S/C22H28Cl2N2O3/c1-2-28-21-5-3-4-17(15-25-8-9-26-10-12-27-13-11-26)22(21)29-16-18-6-7-19(23)14-20(18)24/h3-7,14,25H,2,8-13,15-16H2,1H3. The highest BCUT2D eigenvalue weighted by Crippen LogP contribution is 2.33. The van der Waals surface area contributed by atoms with Crippen molar-refractivity contribution >= 4 is 23.2 Å². The van der Waals surface area contributed by atoms with Crippen molar-refractivity contribution in [3.63, 3.8) is 0 Å². The molecule has 2 aromatic carbocycles. The Morgan fingerprint density at radius 2 is 1.90 bits per heavy atom. The third-order valence-corrected chi connectivity index (χ3v) is 5.36. The van der Waals surface area contributed by atoms with E-state index in [0.29, 0.717) is 29.8 Å². The molecule has 7 heteroatoms. The fraction of sp³-hybridized carbons (Fsp3) is 0.455. The number of para-hydroxylation sites is 1. The van der Waals surface area contributed by atoms with Crippen molar-refractivity contribution in [2.45, 2.75) is 20.1 Å². The van der Waals surface area contributed by atoms with Gasteiger partial charge in [0, 0.05) is 53.9 Å². The maximum Gasteiger partial charge on any atom is 0.166 e. The lowest BCUT2D eigenvalue weighted by Gasteiger charge is -2.26. The molecule has 1 N–H and O–H groups in total. The van der Waals surface area contributed by atoms with Crippen LogP contribution in [0.1, 0.15) is 18.1 Å². The second-order valence-corrected chi connectivity index (χ2v) is 7.68. The molecule has 0 bridgehead atoms. The highest BCUT2D eigenvalue weighted by molar-refractivity contribution is 6.35. The van der Waals surface area contributed by atoms with Crippen LogP contribution in [0.15, 0.2) is 36.4 Å². The van der Waals surface area contributed by atoms with E-state index in [1.54, 1.807) is 6.07 Å². The number of halogens is 2. The predicted molar refractivity (Wildman–Crippen MR) is 117 cm³/mol. The zero-order chi connectivity index (χ0) is 20.5. The van der Waals surface area contributed by atoms with E-state index in [-0.39, 0.29) is 0 Å². The van der Waals surface area contributed by atoms with Gasteiger partial charge in [-0.25, -0.2) is 0 Å². The van der Waals surface area contributed by atoms with Crippen LogP contribution in [0.4, 0.5) is 0 Å². The molecule has 1 aliphatic heterocycles. The average Bonchev–Trinajstić information content (AvgIpc) is 2.73. The van der Waals surface area contributed by atoms with E-state index < -0.39 is 0 Å². The highest BCUT2D eigenvalue weighted by atomic mass is 35.5. The van der Waals surface area contributed by atoms with Gasteiger partial charge in [0.05, 0.1) is 19.8 Å². The second kappa shape index (κ2) is 11.6. The quantitative estimate of drug-likeness (QED) is 0.557. The maximum absolute atomic E-state index is 6.29. The van der Waals surface area contributed by atoms with Crippen molar-refractivity contribution < 1.29 is 14.2 Å². The number of morpholine rings is 1. The summed E-state index contributed by atoms with van der Waals surface area (Å²) in [6, 6.07) is 11.4. The van der Waals surface area contributed by atoms with Crippen molar-refractivity contribution in [3.8, 4) is 11.5 Å². The van der Waals surface area contributed by atoms with Crippen LogP contribution in [0.5, 0.6) is 11.5 Å². The summed E-state index contributed by atoms with van der Waals surface area (Å²) in [6.45, 7) is 9.14. The summed E-state index contributed by atoms with van der Waals surface area (Å²) in [7, 11) is 0. The molecule has 1 fully saturated rings. The number of benzene rings is 2. The van der Waals surface area contributed by atoms with Crippen LogP contribution < -0.4 is 14.8 Å². The molecular formula is C22H28Cl2N2O3. The minimum atomic E-state index is 0.348. The first-order valence-corrected chi connectivity index (χ1v) is 10.7. The van der Waals surface area contributed by atoms with Gasteiger partial charge < -0.3 is 19.5 Å². The van der Waals surface area contributed by atoms with Crippen LogP contribution in [0.25, 0.3) is 0 Å². The maximum atomic E-state index is 6.29. The minimum absolute atomic E-state index is 0.348. The Hall–Kier alpha value is -1.50. The van der Waals surface area contributed by atoms with Gasteiger partial charge in [-0.1, -0.05) is 41.4 Å². The first-order chi connectivity index (χ1) is 14.2. The molecule has 0 aliphatic carbocycles. The summed E-state index contributed by atoms with van der Waals surface area (Å²) in [5.41, 5.74) is 1.94. The Balaban J connectivity index is 1.62. The van der Waals surface area contributed by atoms with Crippen LogP contribution in [0.3, 0.4) is 0 Å². The molecule has 3 rings (SSSR count). The van der Waals surface area contributed by atoms with Gasteiger partial charge in [-0.3, -0.25) is 4.90 Å². The molecule has 0 atom stereocenters. The molecule has 0 unspecified atom stereocenters. The lowest BCUT2D eigenvalue weighted by molar-refractivity contribution is 0.0384. The molecule has 1 aliphatic rings. The van der Waals surface area contributed by atoms with Crippen LogP contribution in [0, 0.1) is 0 Å². The fourth-order valence-electron chi connectivity index (χ4n) is 3.21. The van der Waals surface area contributed by atoms with Crippen molar-refractivity contribution in [3.05, 3.63) is 57.6 Å². The predicted octanol–water partition coefficient (Wildman–Crippen LogP) is 4.39. The molecule has 0 aromatic heterocycles. The average molecular weight is 439 g/mol. The lowest BCUT2D eigenvalue weighted by atomic mass is 10.1. The third-order valence-electron chi connectivity index (χ3n) is 4.77. The smallest absolute Gasteiger partial charge is 0.166 e. The molecule has 2 aromatic rings. The Morgan fingerprint density at radius 3 is 2.66 bits per heavy atom. The van der Waals surface area contributed by atoms with E-state index in [1.165, 1.54) is 0 Å². The summed E-state index contributed by atoms with van der Waals surface area (Å²) < 4.78 is 17.3. The molecule has 158 valence electrons. The molecule has 0 spiro atoms. The SMILES string of the molecule is CCOc1cccc(CNCCN2CCOCC2)c1OCc1ccc(Cl)cc1Cl. The Morgan fingerprint density at radius 1 is 1.07 bits per heavy atom. The molecule has 29 heavy (non-hydrogen) atoms. The lowest BCUT2D eigenvalue weighted by Crippen LogP contribution is -2.40. The van der Waals surface area contributed by atoms with Crippen molar-refractivity contribution in [2.75, 3.05) is 46.0 Å². The summed E-state index contributed by atoms with van der Waals surface area (Å²) in [5, 5.41) is 4.72. The number of nitrogens with zero attached hydrogens (tertiary/aromatic N) is 1. The van der Waals surface area contributed by atoms with Gasteiger partial charge in [0.15, 0.2) is 11.5 Å². The van der Waals surface area contributed by atoms with Crippen molar-refractivity contribution in [1.82, 2.24) is 10.2 Å². The van der Waals surface area contributed by atoms with Gasteiger partial charge >= 0.3 is 0 Å². The molecule has 0 amide bonds. The molecule has 1 heterocycles. The van der Waals surface area contributed by atoms with Crippen LogP contribution in [0.2, 0.25) is 10.0 Å². The molecule has 0 radical (unpaired) electrons. The Labute approximate surface area is 182 Å². The van der Waals surface area contributed by atoms with E-state index in [2.05, 4.69) is 16.3 Å². The summed E-state index contributed by atoms with van der Waals surface area (Å²) >= 11 is 12.3. The second-order valence-electron chi connectivity index (χ2n) is 6.83. The normalized spacial score (nSPS) is 14.7. The molecule has 0 saturated carbocycles. The third kappa shape index (κ3) is 6.76. The van der Waals surface area contributed by atoms with E-state index >= 15 is 0 Å². The summed E-state index contributed by atoms with van der Waals surface area (Å²) in [4.78, 5) is 2.41. The minimum Gasteiger partial charge on any atom is -0.490 e. The van der Waals surface area contributed by atoms with Gasteiger partial charge in [0.25, 0.3) is 0 Å². The van der Waals surface area contributed by atoms with Crippen LogP contribution in [-0.4, -0.2) is 50.9 Å². The monoisotopic (exact) mass is 438 g/mol. The van der Waals surface area contributed by atoms with Gasteiger partial charge in [-0.05, 0) is 25.1 Å². The van der Waals surface area contributed by atoms with Crippen molar-refractivity contribution in [1.29, 1.82) is 0 Å². The number of hydrogen-bond acceptors (Lipinski definition) is 5. The largest absolute Gasteiger partial charge is 0.490 e. The first kappa shape index (κ1) is 22.2. The van der Waals surface area contributed by atoms with Crippen molar-refractivity contribution in [2.24, 2.45) is 0 Å². The van der Waals surface area contributed by atoms with E-state index in [9.17, 15) is 0 Å².